The lowest BCUT2D eigenvalue weighted by Crippen LogP contribution is -2.40. The lowest BCUT2D eigenvalue weighted by Gasteiger charge is -2.10. The van der Waals surface area contributed by atoms with Crippen molar-refractivity contribution < 1.29 is 19.1 Å². The van der Waals surface area contributed by atoms with Crippen molar-refractivity contribution in [3.05, 3.63) is 0 Å². The second kappa shape index (κ2) is 4.08. The minimum atomic E-state index is -0.938. The van der Waals surface area contributed by atoms with Gasteiger partial charge in [-0.1, -0.05) is 0 Å². The number of carbonyl (C=O) groups is 3. The topological polar surface area (TPSA) is 75.7 Å². The molecule has 1 saturated heterocycles. The van der Waals surface area contributed by atoms with Gasteiger partial charge in [0.2, 0.25) is 5.91 Å². The van der Waals surface area contributed by atoms with Crippen LogP contribution >= 0.6 is 0 Å². The number of nitrogens with one attached hydrogen (secondary N) is 1. The Hall–Kier alpha value is -1.59. The van der Waals surface area contributed by atoms with Crippen LogP contribution in [0.25, 0.3) is 0 Å². The molecule has 1 unspecified atom stereocenters. The average molecular weight is 200 g/mol. The predicted octanol–water partition coefficient (Wildman–Crippen LogP) is -1.49. The first-order valence-electron chi connectivity index (χ1n) is 4.17. The molecule has 1 heterocycles. The van der Waals surface area contributed by atoms with Crippen LogP contribution in [-0.4, -0.2) is 49.4 Å². The summed E-state index contributed by atoms with van der Waals surface area (Å²) in [6.07, 6.45) is 0.235. The van der Waals surface area contributed by atoms with E-state index in [1.807, 2.05) is 0 Å². The Morgan fingerprint density at radius 1 is 1.57 bits per heavy atom. The van der Waals surface area contributed by atoms with Gasteiger partial charge in [-0.25, -0.2) is 4.79 Å². The predicted molar refractivity (Wildman–Crippen MR) is 46.2 cm³/mol. The zero-order valence-corrected chi connectivity index (χ0v) is 8.07. The number of likely N-dealkylation sites (tertiary alicyclic amines) is 1. The van der Waals surface area contributed by atoms with Crippen molar-refractivity contribution in [2.45, 2.75) is 12.5 Å². The number of esters is 1. The maximum absolute atomic E-state index is 11.1. The van der Waals surface area contributed by atoms with Gasteiger partial charge < -0.3 is 15.0 Å². The van der Waals surface area contributed by atoms with Crippen molar-refractivity contribution in [2.75, 3.05) is 20.7 Å². The highest BCUT2D eigenvalue weighted by Crippen LogP contribution is 2.07. The van der Waals surface area contributed by atoms with Crippen molar-refractivity contribution in [1.82, 2.24) is 10.2 Å². The third-order valence-electron chi connectivity index (χ3n) is 2.05. The van der Waals surface area contributed by atoms with E-state index in [-0.39, 0.29) is 18.4 Å². The molecule has 78 valence electrons. The van der Waals surface area contributed by atoms with E-state index in [4.69, 9.17) is 0 Å². The molecule has 1 N–H and O–H groups in total. The summed E-state index contributed by atoms with van der Waals surface area (Å²) in [6.45, 7) is 0.432. The Balaban J connectivity index is 2.43. The molecule has 1 atom stereocenters. The van der Waals surface area contributed by atoms with Gasteiger partial charge in [0.1, 0.15) is 0 Å². The van der Waals surface area contributed by atoms with E-state index in [1.54, 1.807) is 7.05 Å². The van der Waals surface area contributed by atoms with Gasteiger partial charge in [0.15, 0.2) is 0 Å². The smallest absolute Gasteiger partial charge is 0.396 e. The van der Waals surface area contributed by atoms with Gasteiger partial charge in [-0.15, -0.1) is 0 Å². The summed E-state index contributed by atoms with van der Waals surface area (Å²) in [7, 11) is 2.78. The molecule has 0 radical (unpaired) electrons. The highest BCUT2D eigenvalue weighted by atomic mass is 16.5. The van der Waals surface area contributed by atoms with Crippen LogP contribution in [0, 0.1) is 0 Å². The largest absolute Gasteiger partial charge is 0.462 e. The summed E-state index contributed by atoms with van der Waals surface area (Å²) in [5.41, 5.74) is 0. The van der Waals surface area contributed by atoms with E-state index in [0.717, 1.165) is 7.11 Å². The molecule has 1 fully saturated rings. The zero-order chi connectivity index (χ0) is 10.7. The van der Waals surface area contributed by atoms with Gasteiger partial charge in [-0.2, -0.15) is 0 Å². The molecule has 6 heteroatoms. The normalized spacial score (nSPS) is 20.9. The average Bonchev–Trinajstić information content (AvgIpc) is 2.44. The summed E-state index contributed by atoms with van der Waals surface area (Å²) >= 11 is 0. The van der Waals surface area contributed by atoms with Crippen LogP contribution in [0.5, 0.6) is 0 Å². The van der Waals surface area contributed by atoms with Crippen LogP contribution in [0.2, 0.25) is 0 Å². The van der Waals surface area contributed by atoms with E-state index in [9.17, 15) is 14.4 Å². The van der Waals surface area contributed by atoms with Gasteiger partial charge in [0.05, 0.1) is 13.2 Å². The summed E-state index contributed by atoms with van der Waals surface area (Å²) < 4.78 is 4.23. The van der Waals surface area contributed by atoms with Crippen molar-refractivity contribution in [2.24, 2.45) is 0 Å². The number of likely N-dealkylation sites (N-methyl/N-ethyl adjacent to an activating group) is 1. The minimum absolute atomic E-state index is 0.0415. The van der Waals surface area contributed by atoms with Crippen molar-refractivity contribution in [3.63, 3.8) is 0 Å². The van der Waals surface area contributed by atoms with Gasteiger partial charge in [-0.05, 0) is 0 Å². The fraction of sp³-hybridized carbons (Fsp3) is 0.625. The molecule has 1 aliphatic rings. The number of ether oxygens (including phenoxy) is 1. The number of carbonyl (C=O) groups excluding carboxylic acids is 3. The van der Waals surface area contributed by atoms with Crippen LogP contribution in [0.15, 0.2) is 0 Å². The number of nitrogens with zero attached hydrogens (tertiary/aromatic N) is 1. The SMILES string of the molecule is COC(=O)C(=O)NC1CC(=O)N(C)C1. The number of hydrogen-bond donors (Lipinski definition) is 1. The van der Waals surface area contributed by atoms with Gasteiger partial charge >= 0.3 is 11.9 Å². The highest BCUT2D eigenvalue weighted by molar-refractivity contribution is 6.32. The standard InChI is InChI=1S/C8H12N2O4/c1-10-4-5(3-6(10)11)9-7(12)8(13)14-2/h5H,3-4H2,1-2H3,(H,9,12). The van der Waals surface area contributed by atoms with Crippen molar-refractivity contribution in [3.8, 4) is 0 Å². The number of rotatable bonds is 1. The first kappa shape index (κ1) is 10.5. The van der Waals surface area contributed by atoms with Crippen LogP contribution < -0.4 is 5.32 Å². The quantitative estimate of drug-likeness (QED) is 0.413. The molecule has 0 saturated carbocycles. The first-order valence-corrected chi connectivity index (χ1v) is 4.17. The molecule has 14 heavy (non-hydrogen) atoms. The lowest BCUT2D eigenvalue weighted by atomic mass is 10.2. The molecule has 0 aliphatic carbocycles. The van der Waals surface area contributed by atoms with Crippen LogP contribution in [0.4, 0.5) is 0 Å². The monoisotopic (exact) mass is 200 g/mol. The number of hydrogen-bond acceptors (Lipinski definition) is 4. The molecular weight excluding hydrogens is 188 g/mol. The minimum Gasteiger partial charge on any atom is -0.462 e. The molecule has 1 aliphatic heterocycles. The molecule has 0 aromatic heterocycles. The second-order valence-electron chi connectivity index (χ2n) is 3.14. The molecule has 1 rings (SSSR count). The first-order chi connectivity index (χ1) is 6.54. The lowest BCUT2D eigenvalue weighted by molar-refractivity contribution is -0.153. The summed E-state index contributed by atoms with van der Waals surface area (Å²) in [5.74, 6) is -1.78. The zero-order valence-electron chi connectivity index (χ0n) is 8.07. The molecule has 0 bridgehead atoms. The summed E-state index contributed by atoms with van der Waals surface area (Å²) in [5, 5.41) is 2.41. The Morgan fingerprint density at radius 2 is 2.21 bits per heavy atom. The Morgan fingerprint density at radius 3 is 2.64 bits per heavy atom. The number of methoxy groups -OCH3 is 1. The Kier molecular flexibility index (Phi) is 3.06. The fourth-order valence-corrected chi connectivity index (χ4v) is 1.30. The van der Waals surface area contributed by atoms with E-state index in [0.29, 0.717) is 6.54 Å². The van der Waals surface area contributed by atoms with Crippen LogP contribution in [0.1, 0.15) is 6.42 Å². The van der Waals surface area contributed by atoms with E-state index < -0.39 is 11.9 Å². The third kappa shape index (κ3) is 2.21. The molecule has 0 aromatic carbocycles. The highest BCUT2D eigenvalue weighted by Gasteiger charge is 2.29. The Labute approximate surface area is 81.2 Å². The molecule has 6 nitrogen and oxygen atoms in total. The maximum atomic E-state index is 11.1. The van der Waals surface area contributed by atoms with Crippen molar-refractivity contribution >= 4 is 17.8 Å². The third-order valence-corrected chi connectivity index (χ3v) is 2.05. The molecular formula is C8H12N2O4. The fourth-order valence-electron chi connectivity index (χ4n) is 1.30. The number of amides is 2. The van der Waals surface area contributed by atoms with Crippen LogP contribution in [0.3, 0.4) is 0 Å². The second-order valence-corrected chi connectivity index (χ2v) is 3.14. The van der Waals surface area contributed by atoms with Gasteiger partial charge in [-0.3, -0.25) is 9.59 Å². The van der Waals surface area contributed by atoms with Gasteiger partial charge in [0.25, 0.3) is 0 Å². The summed E-state index contributed by atoms with van der Waals surface area (Å²) in [6, 6.07) is -0.293. The summed E-state index contributed by atoms with van der Waals surface area (Å²) in [4.78, 5) is 34.3. The van der Waals surface area contributed by atoms with E-state index in [2.05, 4.69) is 10.1 Å². The molecule has 0 aromatic rings. The maximum Gasteiger partial charge on any atom is 0.396 e. The molecule has 2 amide bonds. The van der Waals surface area contributed by atoms with Gasteiger partial charge in [0, 0.05) is 20.0 Å². The van der Waals surface area contributed by atoms with E-state index >= 15 is 0 Å². The molecule has 0 spiro atoms. The van der Waals surface area contributed by atoms with Crippen molar-refractivity contribution in [1.29, 1.82) is 0 Å². The van der Waals surface area contributed by atoms with Crippen LogP contribution in [-0.2, 0) is 19.1 Å². The Bertz CT molecular complexity index is 277. The van der Waals surface area contributed by atoms with E-state index in [1.165, 1.54) is 4.90 Å².